The Labute approximate surface area is 116 Å². The Morgan fingerprint density at radius 3 is 2.80 bits per heavy atom. The summed E-state index contributed by atoms with van der Waals surface area (Å²) in [6, 6.07) is 5.01. The van der Waals surface area contributed by atoms with Crippen molar-refractivity contribution in [1.82, 2.24) is 15.5 Å². The predicted molar refractivity (Wildman–Crippen MR) is 68.1 cm³/mol. The molecule has 0 fully saturated rings. The van der Waals surface area contributed by atoms with Crippen LogP contribution in [0.1, 0.15) is 0 Å². The van der Waals surface area contributed by atoms with Crippen molar-refractivity contribution in [3.05, 3.63) is 30.1 Å². The number of hydrogen-bond donors (Lipinski definition) is 2. The lowest BCUT2D eigenvalue weighted by Crippen LogP contribution is -2.36. The normalized spacial score (nSPS) is 10.2. The van der Waals surface area contributed by atoms with Gasteiger partial charge in [0.15, 0.2) is 0 Å². The lowest BCUT2D eigenvalue weighted by molar-refractivity contribution is -0.117. The largest absolute Gasteiger partial charge is 0.411 e. The summed E-state index contributed by atoms with van der Waals surface area (Å²) < 4.78 is 18.7. The Balaban J connectivity index is 2.01. The predicted octanol–water partition coefficient (Wildman–Crippen LogP) is 1.16. The molecule has 1 heterocycles. The molecule has 0 spiro atoms. The number of hydrogen-bond acceptors (Lipinski definition) is 6. The highest BCUT2D eigenvalue weighted by atomic mass is 32.2. The second kappa shape index (κ2) is 6.15. The molecule has 2 rings (SSSR count). The summed E-state index contributed by atoms with van der Waals surface area (Å²) in [4.78, 5) is 21.6. The van der Waals surface area contributed by atoms with Gasteiger partial charge in [0.2, 0.25) is 5.91 Å². The zero-order valence-corrected chi connectivity index (χ0v) is 10.8. The third-order valence-electron chi connectivity index (χ3n) is 2.10. The quantitative estimate of drug-likeness (QED) is 0.819. The third kappa shape index (κ3) is 3.54. The van der Waals surface area contributed by atoms with E-state index in [2.05, 4.69) is 10.2 Å². The lowest BCUT2D eigenvalue weighted by atomic mass is 10.2. The van der Waals surface area contributed by atoms with Crippen molar-refractivity contribution in [3.63, 3.8) is 0 Å². The molecule has 1 aromatic carbocycles. The van der Waals surface area contributed by atoms with Crippen LogP contribution < -0.4 is 11.1 Å². The molecule has 2 aromatic rings. The van der Waals surface area contributed by atoms with E-state index < -0.39 is 17.8 Å². The molecule has 0 aliphatic heterocycles. The van der Waals surface area contributed by atoms with Gasteiger partial charge in [0.05, 0.1) is 11.3 Å². The Morgan fingerprint density at radius 2 is 2.10 bits per heavy atom. The zero-order valence-electron chi connectivity index (χ0n) is 10.00. The van der Waals surface area contributed by atoms with E-state index in [0.717, 1.165) is 11.8 Å². The minimum Gasteiger partial charge on any atom is -0.411 e. The van der Waals surface area contributed by atoms with Gasteiger partial charge in [0.25, 0.3) is 11.1 Å². The number of halogens is 1. The first-order chi connectivity index (χ1) is 9.56. The summed E-state index contributed by atoms with van der Waals surface area (Å²) in [6.45, 7) is 0. The Kier molecular flexibility index (Phi) is 4.31. The molecule has 0 aliphatic rings. The van der Waals surface area contributed by atoms with E-state index in [1.165, 1.54) is 12.1 Å². The van der Waals surface area contributed by atoms with Crippen molar-refractivity contribution in [3.8, 4) is 11.5 Å². The van der Waals surface area contributed by atoms with Crippen molar-refractivity contribution >= 4 is 23.7 Å². The van der Waals surface area contributed by atoms with Crippen molar-refractivity contribution in [2.24, 2.45) is 5.73 Å². The minimum atomic E-state index is -0.937. The molecule has 0 saturated carbocycles. The van der Waals surface area contributed by atoms with Crippen LogP contribution in [-0.2, 0) is 4.79 Å². The minimum absolute atomic E-state index is 0.0147. The fourth-order valence-electron chi connectivity index (χ4n) is 1.31. The van der Waals surface area contributed by atoms with Crippen LogP contribution in [-0.4, -0.2) is 27.9 Å². The SMILES string of the molecule is NC(=O)NC(=O)CSc1nnc(-c2ccccc2F)o1. The standard InChI is InChI=1S/C11H9FN4O3S/c12-7-4-2-1-3-6(7)9-15-16-11(19-9)20-5-8(17)14-10(13)18/h1-4H,5H2,(H3,13,14,17,18). The second-order valence-electron chi connectivity index (χ2n) is 3.55. The summed E-state index contributed by atoms with van der Waals surface area (Å²) in [5, 5.41) is 9.33. The van der Waals surface area contributed by atoms with Gasteiger partial charge in [-0.25, -0.2) is 9.18 Å². The summed E-state index contributed by atoms with van der Waals surface area (Å²) in [5.74, 6) is -1.19. The van der Waals surface area contributed by atoms with Crippen LogP contribution in [0.15, 0.2) is 33.9 Å². The van der Waals surface area contributed by atoms with Crippen molar-refractivity contribution in [2.75, 3.05) is 5.75 Å². The average Bonchev–Trinajstić information content (AvgIpc) is 2.85. The maximum absolute atomic E-state index is 13.5. The number of rotatable bonds is 4. The van der Waals surface area contributed by atoms with E-state index in [1.807, 2.05) is 5.32 Å². The molecule has 3 amide bonds. The Morgan fingerprint density at radius 1 is 1.35 bits per heavy atom. The highest BCUT2D eigenvalue weighted by Crippen LogP contribution is 2.24. The lowest BCUT2D eigenvalue weighted by Gasteiger charge is -1.97. The molecule has 0 saturated heterocycles. The molecule has 0 atom stereocenters. The van der Waals surface area contributed by atoms with Crippen LogP contribution in [0.2, 0.25) is 0 Å². The van der Waals surface area contributed by atoms with Crippen LogP contribution in [0.25, 0.3) is 11.5 Å². The summed E-state index contributed by atoms with van der Waals surface area (Å²) in [6.07, 6.45) is 0. The van der Waals surface area contributed by atoms with Crippen molar-refractivity contribution < 1.29 is 18.4 Å². The van der Waals surface area contributed by atoms with Gasteiger partial charge in [-0.2, -0.15) is 0 Å². The maximum atomic E-state index is 13.5. The van der Waals surface area contributed by atoms with E-state index in [0.29, 0.717) is 0 Å². The third-order valence-corrected chi connectivity index (χ3v) is 2.92. The van der Waals surface area contributed by atoms with Gasteiger partial charge in [0.1, 0.15) is 5.82 Å². The van der Waals surface area contributed by atoms with Crippen LogP contribution in [0.4, 0.5) is 9.18 Å². The first-order valence-electron chi connectivity index (χ1n) is 5.37. The molecule has 0 bridgehead atoms. The summed E-state index contributed by atoms with van der Waals surface area (Å²) in [7, 11) is 0. The Bertz CT molecular complexity index is 646. The maximum Gasteiger partial charge on any atom is 0.318 e. The molecule has 20 heavy (non-hydrogen) atoms. The first-order valence-corrected chi connectivity index (χ1v) is 6.35. The molecule has 0 unspecified atom stereocenters. The van der Waals surface area contributed by atoms with E-state index in [1.54, 1.807) is 12.1 Å². The molecular formula is C11H9FN4O3S. The van der Waals surface area contributed by atoms with Gasteiger partial charge in [0, 0.05) is 0 Å². The number of primary amides is 1. The van der Waals surface area contributed by atoms with E-state index in [-0.39, 0.29) is 22.4 Å². The number of amides is 3. The number of nitrogens with one attached hydrogen (secondary N) is 1. The van der Waals surface area contributed by atoms with Gasteiger partial charge in [-0.15, -0.1) is 10.2 Å². The number of nitrogens with zero attached hydrogens (tertiary/aromatic N) is 2. The van der Waals surface area contributed by atoms with Crippen LogP contribution in [0, 0.1) is 5.82 Å². The molecule has 0 radical (unpaired) electrons. The van der Waals surface area contributed by atoms with Crippen molar-refractivity contribution in [2.45, 2.75) is 5.22 Å². The monoisotopic (exact) mass is 296 g/mol. The number of thioether (sulfide) groups is 1. The number of benzene rings is 1. The number of carbonyl (C=O) groups is 2. The molecular weight excluding hydrogens is 287 g/mol. The number of aromatic nitrogens is 2. The fraction of sp³-hybridized carbons (Fsp3) is 0.0909. The highest BCUT2D eigenvalue weighted by molar-refractivity contribution is 7.99. The summed E-state index contributed by atoms with van der Waals surface area (Å²) in [5.41, 5.74) is 4.96. The molecule has 3 N–H and O–H groups in total. The molecule has 9 heteroatoms. The summed E-state index contributed by atoms with van der Waals surface area (Å²) >= 11 is 0.909. The highest BCUT2D eigenvalue weighted by Gasteiger charge is 2.14. The average molecular weight is 296 g/mol. The zero-order chi connectivity index (χ0) is 14.5. The first kappa shape index (κ1) is 14.0. The van der Waals surface area contributed by atoms with E-state index >= 15 is 0 Å². The van der Waals surface area contributed by atoms with Gasteiger partial charge in [-0.3, -0.25) is 10.1 Å². The van der Waals surface area contributed by atoms with Gasteiger partial charge in [-0.1, -0.05) is 23.9 Å². The molecule has 7 nitrogen and oxygen atoms in total. The van der Waals surface area contributed by atoms with E-state index in [9.17, 15) is 14.0 Å². The van der Waals surface area contributed by atoms with Crippen LogP contribution >= 0.6 is 11.8 Å². The molecule has 0 aliphatic carbocycles. The van der Waals surface area contributed by atoms with Gasteiger partial charge in [-0.05, 0) is 12.1 Å². The fourth-order valence-corrected chi connectivity index (χ4v) is 1.88. The number of carbonyl (C=O) groups excluding carboxylic acids is 2. The topological polar surface area (TPSA) is 111 Å². The van der Waals surface area contributed by atoms with Gasteiger partial charge >= 0.3 is 6.03 Å². The second-order valence-corrected chi connectivity index (χ2v) is 4.48. The number of imide groups is 1. The molecule has 1 aromatic heterocycles. The van der Waals surface area contributed by atoms with Crippen LogP contribution in [0.3, 0.4) is 0 Å². The smallest absolute Gasteiger partial charge is 0.318 e. The Hall–Kier alpha value is -2.42. The number of urea groups is 1. The van der Waals surface area contributed by atoms with Gasteiger partial charge < -0.3 is 10.2 Å². The molecule has 104 valence electrons. The van der Waals surface area contributed by atoms with Crippen LogP contribution in [0.5, 0.6) is 0 Å². The van der Waals surface area contributed by atoms with Crippen molar-refractivity contribution in [1.29, 1.82) is 0 Å². The number of nitrogens with two attached hydrogens (primary N) is 1. The van der Waals surface area contributed by atoms with E-state index in [4.69, 9.17) is 10.2 Å².